The van der Waals surface area contributed by atoms with Crippen molar-refractivity contribution >= 4 is 22.4 Å². The van der Waals surface area contributed by atoms with Crippen LogP contribution in [0.5, 0.6) is 0 Å². The molecule has 1 N–H and O–H groups in total. The first kappa shape index (κ1) is 14.2. The van der Waals surface area contributed by atoms with Crippen molar-refractivity contribution in [2.24, 2.45) is 0 Å². The summed E-state index contributed by atoms with van der Waals surface area (Å²) in [6.07, 6.45) is 7.26. The van der Waals surface area contributed by atoms with E-state index in [4.69, 9.17) is 0 Å². The lowest BCUT2D eigenvalue weighted by Crippen LogP contribution is -2.12. The quantitative estimate of drug-likeness (QED) is 0.792. The van der Waals surface area contributed by atoms with E-state index in [1.54, 1.807) is 11.3 Å². The number of amides is 1. The lowest BCUT2D eigenvalue weighted by Gasteiger charge is -2.10. The van der Waals surface area contributed by atoms with Gasteiger partial charge in [0.1, 0.15) is 0 Å². The zero-order chi connectivity index (χ0) is 15.8. The van der Waals surface area contributed by atoms with Gasteiger partial charge in [-0.15, -0.1) is 11.3 Å². The van der Waals surface area contributed by atoms with Crippen molar-refractivity contribution in [1.29, 1.82) is 0 Å². The average Bonchev–Trinajstić information content (AvgIpc) is 3.23. The molecular formula is C18H17N3OS. The van der Waals surface area contributed by atoms with Crippen LogP contribution in [0.1, 0.15) is 32.9 Å². The molecule has 0 atom stereocenters. The number of benzene rings is 1. The highest BCUT2D eigenvalue weighted by molar-refractivity contribution is 7.16. The van der Waals surface area contributed by atoms with E-state index < -0.39 is 0 Å². The van der Waals surface area contributed by atoms with Gasteiger partial charge < -0.3 is 4.57 Å². The maximum absolute atomic E-state index is 12.5. The van der Waals surface area contributed by atoms with Crippen LogP contribution in [0.15, 0.2) is 42.7 Å². The molecule has 116 valence electrons. The van der Waals surface area contributed by atoms with Crippen molar-refractivity contribution < 1.29 is 4.79 Å². The highest BCUT2D eigenvalue weighted by Gasteiger charge is 2.18. The molecule has 0 fully saturated rings. The second-order valence-corrected chi connectivity index (χ2v) is 6.87. The molecule has 5 heteroatoms. The summed E-state index contributed by atoms with van der Waals surface area (Å²) in [5.41, 5.74) is 3.95. The first-order chi connectivity index (χ1) is 11.2. The summed E-state index contributed by atoms with van der Waals surface area (Å²) in [5.74, 6) is -0.106. The van der Waals surface area contributed by atoms with E-state index in [0.717, 1.165) is 29.8 Å². The molecule has 0 radical (unpaired) electrons. The number of nitrogens with one attached hydrogen (secondary N) is 1. The minimum Gasteiger partial charge on any atom is -0.324 e. The molecule has 1 aliphatic carbocycles. The Morgan fingerprint density at radius 3 is 2.87 bits per heavy atom. The number of anilines is 1. The number of thiazole rings is 1. The molecule has 23 heavy (non-hydrogen) atoms. The third-order valence-corrected chi connectivity index (χ3v) is 5.24. The van der Waals surface area contributed by atoms with Gasteiger partial charge in [0.05, 0.1) is 5.69 Å². The summed E-state index contributed by atoms with van der Waals surface area (Å²) in [6, 6.07) is 9.71. The van der Waals surface area contributed by atoms with E-state index >= 15 is 0 Å². The monoisotopic (exact) mass is 323 g/mol. The normalized spacial score (nSPS) is 13.1. The Morgan fingerprint density at radius 2 is 2.09 bits per heavy atom. The van der Waals surface area contributed by atoms with Crippen LogP contribution < -0.4 is 5.32 Å². The molecule has 0 unspecified atom stereocenters. The molecule has 0 saturated carbocycles. The minimum atomic E-state index is -0.106. The Morgan fingerprint density at radius 1 is 1.26 bits per heavy atom. The molecule has 3 aromatic rings. The van der Waals surface area contributed by atoms with Crippen LogP contribution in [0.3, 0.4) is 0 Å². The number of hydrogen-bond donors (Lipinski definition) is 1. The van der Waals surface area contributed by atoms with Crippen molar-refractivity contribution in [3.8, 4) is 5.69 Å². The molecule has 1 aromatic carbocycles. The first-order valence-corrected chi connectivity index (χ1v) is 8.56. The van der Waals surface area contributed by atoms with Crippen molar-refractivity contribution in [2.75, 3.05) is 5.32 Å². The van der Waals surface area contributed by atoms with Crippen LogP contribution >= 0.6 is 11.3 Å². The fourth-order valence-electron chi connectivity index (χ4n) is 2.94. The molecule has 4 rings (SSSR count). The molecule has 4 nitrogen and oxygen atoms in total. The third-order valence-electron chi connectivity index (χ3n) is 4.17. The largest absolute Gasteiger partial charge is 0.324 e. The second-order valence-electron chi connectivity index (χ2n) is 5.79. The van der Waals surface area contributed by atoms with E-state index in [-0.39, 0.29) is 5.91 Å². The lowest BCUT2D eigenvalue weighted by atomic mass is 10.1. The smallest absolute Gasteiger partial charge is 0.257 e. The maximum atomic E-state index is 12.5. The molecule has 2 aromatic heterocycles. The highest BCUT2D eigenvalue weighted by atomic mass is 32.1. The van der Waals surface area contributed by atoms with Gasteiger partial charge in [0, 0.05) is 28.5 Å². The van der Waals surface area contributed by atoms with Gasteiger partial charge in [0.2, 0.25) is 0 Å². The molecule has 2 heterocycles. The van der Waals surface area contributed by atoms with E-state index in [0.29, 0.717) is 10.7 Å². The Labute approximate surface area is 138 Å². The van der Waals surface area contributed by atoms with Gasteiger partial charge in [0.25, 0.3) is 5.91 Å². The van der Waals surface area contributed by atoms with Crippen LogP contribution in [0, 0.1) is 6.92 Å². The van der Waals surface area contributed by atoms with Gasteiger partial charge >= 0.3 is 0 Å². The summed E-state index contributed by atoms with van der Waals surface area (Å²) >= 11 is 1.60. The fraction of sp³-hybridized carbons (Fsp3) is 0.222. The number of nitrogens with zero attached hydrogens (tertiary/aromatic N) is 2. The predicted molar refractivity (Wildman–Crippen MR) is 92.6 cm³/mol. The van der Waals surface area contributed by atoms with Gasteiger partial charge in [-0.3, -0.25) is 10.1 Å². The van der Waals surface area contributed by atoms with Crippen molar-refractivity contribution in [1.82, 2.24) is 9.55 Å². The molecule has 0 spiro atoms. The van der Waals surface area contributed by atoms with Crippen molar-refractivity contribution in [2.45, 2.75) is 26.2 Å². The predicted octanol–water partition coefficient (Wildman–Crippen LogP) is 3.98. The molecule has 0 saturated heterocycles. The van der Waals surface area contributed by atoms with Crippen LogP contribution in [0.2, 0.25) is 0 Å². The zero-order valence-corrected chi connectivity index (χ0v) is 13.7. The van der Waals surface area contributed by atoms with E-state index in [2.05, 4.69) is 10.3 Å². The Balaban J connectivity index is 1.59. The summed E-state index contributed by atoms with van der Waals surface area (Å²) in [4.78, 5) is 18.4. The highest BCUT2D eigenvalue weighted by Crippen LogP contribution is 2.30. The number of aromatic nitrogens is 2. The summed E-state index contributed by atoms with van der Waals surface area (Å²) < 4.78 is 2.02. The molecule has 1 aliphatic rings. The first-order valence-electron chi connectivity index (χ1n) is 7.74. The maximum Gasteiger partial charge on any atom is 0.257 e. The van der Waals surface area contributed by atoms with Crippen LogP contribution in [0.25, 0.3) is 5.69 Å². The molecule has 0 aliphatic heterocycles. The van der Waals surface area contributed by atoms with E-state index in [1.807, 2.05) is 54.2 Å². The molecule has 0 bridgehead atoms. The number of aryl methyl sites for hydroxylation is 3. The van der Waals surface area contributed by atoms with Gasteiger partial charge in [0.15, 0.2) is 5.13 Å². The van der Waals surface area contributed by atoms with Gasteiger partial charge in [-0.25, -0.2) is 4.98 Å². The summed E-state index contributed by atoms with van der Waals surface area (Å²) in [6.45, 7) is 2.04. The van der Waals surface area contributed by atoms with E-state index in [1.165, 1.54) is 11.3 Å². The van der Waals surface area contributed by atoms with E-state index in [9.17, 15) is 4.79 Å². The van der Waals surface area contributed by atoms with Gasteiger partial charge in [-0.2, -0.15) is 0 Å². The number of hydrogen-bond acceptors (Lipinski definition) is 3. The Hall–Kier alpha value is -2.40. The molecule has 1 amide bonds. The van der Waals surface area contributed by atoms with Gasteiger partial charge in [-0.05, 0) is 56.0 Å². The summed E-state index contributed by atoms with van der Waals surface area (Å²) in [7, 11) is 0. The zero-order valence-electron chi connectivity index (χ0n) is 12.9. The van der Waals surface area contributed by atoms with Crippen LogP contribution in [-0.4, -0.2) is 15.5 Å². The van der Waals surface area contributed by atoms with Crippen molar-refractivity contribution in [3.63, 3.8) is 0 Å². The topological polar surface area (TPSA) is 46.9 Å². The number of fused-ring (bicyclic) bond motifs is 1. The Bertz CT molecular complexity index is 843. The Kier molecular flexibility index (Phi) is 3.50. The number of carbonyl (C=O) groups excluding carboxylic acids is 1. The molecular weight excluding hydrogens is 306 g/mol. The standard InChI is InChI=1S/C18H17N3OS/c1-12-7-8-13(11-15(12)21-9-2-3-10-21)17(22)20-18-19-14-5-4-6-16(14)23-18/h2-3,7-11H,4-6H2,1H3,(H,19,20,22). The summed E-state index contributed by atoms with van der Waals surface area (Å²) in [5, 5.41) is 3.65. The number of rotatable bonds is 3. The number of carbonyl (C=O) groups is 1. The lowest BCUT2D eigenvalue weighted by molar-refractivity contribution is 0.102. The minimum absolute atomic E-state index is 0.106. The van der Waals surface area contributed by atoms with Crippen LogP contribution in [-0.2, 0) is 12.8 Å². The average molecular weight is 323 g/mol. The third kappa shape index (κ3) is 2.68. The van der Waals surface area contributed by atoms with Gasteiger partial charge in [-0.1, -0.05) is 6.07 Å². The second kappa shape index (κ2) is 5.66. The van der Waals surface area contributed by atoms with Crippen molar-refractivity contribution in [3.05, 3.63) is 64.4 Å². The SMILES string of the molecule is Cc1ccc(C(=O)Nc2nc3c(s2)CCC3)cc1-n1cccc1. The fourth-order valence-corrected chi connectivity index (χ4v) is 3.98. The van der Waals surface area contributed by atoms with Crippen LogP contribution in [0.4, 0.5) is 5.13 Å².